The van der Waals surface area contributed by atoms with Crippen LogP contribution in [0.1, 0.15) is 11.1 Å². The molecule has 0 aliphatic heterocycles. The van der Waals surface area contributed by atoms with Crippen LogP contribution in [0.25, 0.3) is 0 Å². The van der Waals surface area contributed by atoms with Crippen molar-refractivity contribution in [1.29, 1.82) is 0 Å². The zero-order valence-corrected chi connectivity index (χ0v) is 10.1. The Morgan fingerprint density at radius 3 is 2.88 bits per heavy atom. The molecule has 88 valence electrons. The number of hydrogen-bond donors (Lipinski definition) is 1. The fourth-order valence-electron chi connectivity index (χ4n) is 1.53. The molecule has 17 heavy (non-hydrogen) atoms. The van der Waals surface area contributed by atoms with E-state index in [9.17, 15) is 4.79 Å². The Balaban J connectivity index is 2.42. The van der Waals surface area contributed by atoms with Crippen molar-refractivity contribution in [3.63, 3.8) is 0 Å². The molecule has 0 spiro atoms. The number of aromatic nitrogens is 2. The van der Waals surface area contributed by atoms with Crippen LogP contribution >= 0.6 is 11.6 Å². The SMILES string of the molecule is Cc1cnn(Cc2c(N)cccc2Cl)c(=O)c1. The Kier molecular flexibility index (Phi) is 3.15. The molecule has 0 unspecified atom stereocenters. The summed E-state index contributed by atoms with van der Waals surface area (Å²) in [6, 6.07) is 6.79. The van der Waals surface area contributed by atoms with Gasteiger partial charge >= 0.3 is 0 Å². The van der Waals surface area contributed by atoms with E-state index in [1.165, 1.54) is 10.7 Å². The number of rotatable bonds is 2. The molecule has 0 radical (unpaired) electrons. The van der Waals surface area contributed by atoms with E-state index in [1.807, 2.05) is 6.92 Å². The monoisotopic (exact) mass is 249 g/mol. The molecule has 0 amide bonds. The lowest BCUT2D eigenvalue weighted by molar-refractivity contribution is 0.637. The van der Waals surface area contributed by atoms with Crippen molar-refractivity contribution in [2.75, 3.05) is 5.73 Å². The molecule has 2 aromatic rings. The first kappa shape index (κ1) is 11.7. The number of nitrogens with two attached hydrogens (primary N) is 1. The Morgan fingerprint density at radius 1 is 1.47 bits per heavy atom. The van der Waals surface area contributed by atoms with Gasteiger partial charge in [0.15, 0.2) is 0 Å². The fourth-order valence-corrected chi connectivity index (χ4v) is 1.78. The summed E-state index contributed by atoms with van der Waals surface area (Å²) in [5, 5.41) is 4.59. The normalized spacial score (nSPS) is 10.5. The van der Waals surface area contributed by atoms with Gasteiger partial charge in [-0.15, -0.1) is 0 Å². The maximum atomic E-state index is 11.7. The summed E-state index contributed by atoms with van der Waals surface area (Å²) >= 11 is 6.04. The van der Waals surface area contributed by atoms with Gasteiger partial charge in [-0.3, -0.25) is 4.79 Å². The molecule has 0 aliphatic rings. The Bertz CT molecular complexity index is 587. The standard InChI is InChI=1S/C12H12ClN3O/c1-8-5-12(17)16(15-6-8)7-9-10(13)3-2-4-11(9)14/h2-6H,7,14H2,1H3. The molecule has 0 bridgehead atoms. The largest absolute Gasteiger partial charge is 0.398 e. The van der Waals surface area contributed by atoms with Gasteiger partial charge in [0, 0.05) is 22.3 Å². The second-order valence-corrected chi connectivity index (χ2v) is 4.24. The minimum Gasteiger partial charge on any atom is -0.398 e. The van der Waals surface area contributed by atoms with Gasteiger partial charge in [-0.1, -0.05) is 17.7 Å². The van der Waals surface area contributed by atoms with Crippen molar-refractivity contribution in [1.82, 2.24) is 9.78 Å². The molecule has 5 heteroatoms. The highest BCUT2D eigenvalue weighted by atomic mass is 35.5. The van der Waals surface area contributed by atoms with Crippen molar-refractivity contribution in [2.24, 2.45) is 0 Å². The highest BCUT2D eigenvalue weighted by molar-refractivity contribution is 6.31. The summed E-state index contributed by atoms with van der Waals surface area (Å²) in [5.74, 6) is 0. The van der Waals surface area contributed by atoms with E-state index in [2.05, 4.69) is 5.10 Å². The molecular weight excluding hydrogens is 238 g/mol. The van der Waals surface area contributed by atoms with E-state index in [1.54, 1.807) is 24.4 Å². The molecule has 0 aliphatic carbocycles. The maximum absolute atomic E-state index is 11.7. The van der Waals surface area contributed by atoms with Crippen molar-refractivity contribution in [3.8, 4) is 0 Å². The van der Waals surface area contributed by atoms with E-state index in [0.717, 1.165) is 5.56 Å². The molecule has 1 aromatic heterocycles. The average Bonchev–Trinajstić information content (AvgIpc) is 2.26. The summed E-state index contributed by atoms with van der Waals surface area (Å²) < 4.78 is 1.34. The third kappa shape index (κ3) is 2.47. The van der Waals surface area contributed by atoms with Crippen LogP contribution in [-0.2, 0) is 6.54 Å². The van der Waals surface area contributed by atoms with Crippen molar-refractivity contribution in [2.45, 2.75) is 13.5 Å². The van der Waals surface area contributed by atoms with Gasteiger partial charge in [-0.25, -0.2) is 4.68 Å². The highest BCUT2D eigenvalue weighted by Crippen LogP contribution is 2.22. The Hall–Kier alpha value is -1.81. The van der Waals surface area contributed by atoms with E-state index in [-0.39, 0.29) is 12.1 Å². The second-order valence-electron chi connectivity index (χ2n) is 3.84. The first-order valence-electron chi connectivity index (χ1n) is 5.14. The van der Waals surface area contributed by atoms with Crippen LogP contribution in [0.15, 0.2) is 35.3 Å². The fraction of sp³-hybridized carbons (Fsp3) is 0.167. The minimum atomic E-state index is -0.163. The zero-order chi connectivity index (χ0) is 12.4. The van der Waals surface area contributed by atoms with Gasteiger partial charge in [-0.2, -0.15) is 5.10 Å². The molecule has 1 heterocycles. The maximum Gasteiger partial charge on any atom is 0.267 e. The molecule has 2 rings (SSSR count). The average molecular weight is 250 g/mol. The number of nitrogens with zero attached hydrogens (tertiary/aromatic N) is 2. The lowest BCUT2D eigenvalue weighted by Gasteiger charge is -2.09. The van der Waals surface area contributed by atoms with Crippen LogP contribution in [0.2, 0.25) is 5.02 Å². The van der Waals surface area contributed by atoms with Gasteiger partial charge in [0.05, 0.1) is 12.7 Å². The smallest absolute Gasteiger partial charge is 0.267 e. The van der Waals surface area contributed by atoms with Crippen LogP contribution in [0, 0.1) is 6.92 Å². The van der Waals surface area contributed by atoms with Gasteiger partial charge in [0.2, 0.25) is 0 Å². The number of benzene rings is 1. The quantitative estimate of drug-likeness (QED) is 0.826. The minimum absolute atomic E-state index is 0.163. The zero-order valence-electron chi connectivity index (χ0n) is 9.35. The van der Waals surface area contributed by atoms with E-state index >= 15 is 0 Å². The van der Waals surface area contributed by atoms with Gasteiger partial charge in [0.25, 0.3) is 5.56 Å². The lowest BCUT2D eigenvalue weighted by Crippen LogP contribution is -2.23. The number of anilines is 1. The highest BCUT2D eigenvalue weighted by Gasteiger charge is 2.07. The van der Waals surface area contributed by atoms with Crippen LogP contribution in [0.4, 0.5) is 5.69 Å². The van der Waals surface area contributed by atoms with Gasteiger partial charge < -0.3 is 5.73 Å². The predicted molar refractivity (Wildman–Crippen MR) is 68.2 cm³/mol. The summed E-state index contributed by atoms with van der Waals surface area (Å²) in [7, 11) is 0. The lowest BCUT2D eigenvalue weighted by atomic mass is 10.2. The van der Waals surface area contributed by atoms with Crippen LogP contribution in [-0.4, -0.2) is 9.78 Å². The molecular formula is C12H12ClN3O. The van der Waals surface area contributed by atoms with Crippen LogP contribution in [0.5, 0.6) is 0 Å². The topological polar surface area (TPSA) is 60.9 Å². The second kappa shape index (κ2) is 4.59. The molecule has 0 saturated carbocycles. The first-order chi connectivity index (χ1) is 8.08. The van der Waals surface area contributed by atoms with Crippen molar-refractivity contribution in [3.05, 3.63) is 57.0 Å². The third-order valence-electron chi connectivity index (χ3n) is 2.47. The summed E-state index contributed by atoms with van der Waals surface area (Å²) in [4.78, 5) is 11.7. The van der Waals surface area contributed by atoms with Crippen molar-refractivity contribution >= 4 is 17.3 Å². The number of halogens is 1. The predicted octanol–water partition coefficient (Wildman–Crippen LogP) is 1.84. The summed E-state index contributed by atoms with van der Waals surface area (Å²) in [6.07, 6.45) is 1.63. The van der Waals surface area contributed by atoms with Gasteiger partial charge in [0.1, 0.15) is 0 Å². The molecule has 1 aromatic carbocycles. The first-order valence-corrected chi connectivity index (χ1v) is 5.52. The van der Waals surface area contributed by atoms with E-state index < -0.39 is 0 Å². The third-order valence-corrected chi connectivity index (χ3v) is 2.82. The molecule has 0 atom stereocenters. The van der Waals surface area contributed by atoms with E-state index in [4.69, 9.17) is 17.3 Å². The Labute approximate surface area is 104 Å². The number of hydrogen-bond acceptors (Lipinski definition) is 3. The van der Waals surface area contributed by atoms with Crippen molar-refractivity contribution < 1.29 is 0 Å². The van der Waals surface area contributed by atoms with E-state index in [0.29, 0.717) is 16.3 Å². The molecule has 4 nitrogen and oxygen atoms in total. The summed E-state index contributed by atoms with van der Waals surface area (Å²) in [5.41, 5.74) is 7.77. The molecule has 0 fully saturated rings. The number of nitrogen functional groups attached to an aromatic ring is 1. The molecule has 0 saturated heterocycles. The van der Waals surface area contributed by atoms with Gasteiger partial charge in [-0.05, 0) is 24.6 Å². The summed E-state index contributed by atoms with van der Waals surface area (Å²) in [6.45, 7) is 2.10. The Morgan fingerprint density at radius 2 is 2.24 bits per heavy atom. The molecule has 2 N–H and O–H groups in total. The van der Waals surface area contributed by atoms with Crippen LogP contribution < -0.4 is 11.3 Å². The number of aryl methyl sites for hydroxylation is 1. The van der Waals surface area contributed by atoms with Crippen LogP contribution in [0.3, 0.4) is 0 Å².